The molecule has 0 amide bonds. The van der Waals surface area contributed by atoms with Crippen LogP contribution in [0.4, 0.5) is 11.4 Å². The molecule has 4 N–H and O–H groups in total. The van der Waals surface area contributed by atoms with Crippen molar-refractivity contribution in [2.24, 2.45) is 21.5 Å². The molecule has 33 heavy (non-hydrogen) atoms. The van der Waals surface area contributed by atoms with Gasteiger partial charge in [-0.2, -0.15) is 9.98 Å². The second kappa shape index (κ2) is 15.8. The first-order chi connectivity index (χ1) is 16.2. The van der Waals surface area contributed by atoms with E-state index in [1.165, 1.54) is 51.4 Å². The van der Waals surface area contributed by atoms with Gasteiger partial charge in [0, 0.05) is 26.2 Å². The van der Waals surface area contributed by atoms with Gasteiger partial charge in [-0.1, -0.05) is 24.3 Å². The van der Waals surface area contributed by atoms with E-state index in [-0.39, 0.29) is 0 Å². The molecule has 8 nitrogen and oxygen atoms in total. The van der Waals surface area contributed by atoms with E-state index >= 15 is 0 Å². The minimum atomic E-state index is 0.592. The molecule has 0 aliphatic carbocycles. The lowest BCUT2D eigenvalue weighted by Gasteiger charge is -2.34. The Labute approximate surface area is 196 Å². The summed E-state index contributed by atoms with van der Waals surface area (Å²) in [5.41, 5.74) is 14.4. The van der Waals surface area contributed by atoms with E-state index in [0.717, 1.165) is 43.5 Å². The molecule has 0 spiro atoms. The van der Waals surface area contributed by atoms with Crippen LogP contribution in [0.5, 0.6) is 0 Å². The Morgan fingerprint density at radius 1 is 0.667 bits per heavy atom. The maximum absolute atomic E-state index is 10.1. The van der Waals surface area contributed by atoms with Gasteiger partial charge in [0.2, 0.25) is 12.2 Å². The highest BCUT2D eigenvalue weighted by molar-refractivity contribution is 5.51. The summed E-state index contributed by atoms with van der Waals surface area (Å²) in [7, 11) is 0. The minimum Gasteiger partial charge on any atom is -0.330 e. The third-order valence-electron chi connectivity index (χ3n) is 5.45. The number of hydrogen-bond donors (Lipinski definition) is 2. The highest BCUT2D eigenvalue weighted by Crippen LogP contribution is 2.17. The minimum absolute atomic E-state index is 0.592. The summed E-state index contributed by atoms with van der Waals surface area (Å²) in [4.78, 5) is 32.3. The molecule has 0 unspecified atom stereocenters. The second-order valence-electron chi connectivity index (χ2n) is 7.88. The summed E-state index contributed by atoms with van der Waals surface area (Å²) in [6, 6.07) is 14.7. The van der Waals surface area contributed by atoms with Gasteiger partial charge in [-0.05, 0) is 80.8 Å². The van der Waals surface area contributed by atoms with Crippen molar-refractivity contribution >= 4 is 23.5 Å². The maximum Gasteiger partial charge on any atom is 0.240 e. The zero-order valence-electron chi connectivity index (χ0n) is 19.2. The van der Waals surface area contributed by atoms with Crippen LogP contribution >= 0.6 is 0 Å². The van der Waals surface area contributed by atoms with Gasteiger partial charge in [-0.25, -0.2) is 9.59 Å². The summed E-state index contributed by atoms with van der Waals surface area (Å²) in [5.74, 6) is 0. The Morgan fingerprint density at radius 2 is 1.03 bits per heavy atom. The number of aliphatic imine (C=N–C) groups is 2. The van der Waals surface area contributed by atoms with Crippen LogP contribution in [0.25, 0.3) is 0 Å². The van der Waals surface area contributed by atoms with Crippen LogP contribution in [0.3, 0.4) is 0 Å². The predicted octanol–water partition coefficient (Wildman–Crippen LogP) is 2.51. The molecule has 1 aliphatic rings. The van der Waals surface area contributed by atoms with Gasteiger partial charge in [0.25, 0.3) is 0 Å². The first-order valence-corrected chi connectivity index (χ1v) is 11.4. The lowest BCUT2D eigenvalue weighted by Crippen LogP contribution is -2.47. The number of isocyanates is 2. The van der Waals surface area contributed by atoms with E-state index in [2.05, 4.69) is 19.8 Å². The number of nitrogens with two attached hydrogens (primary N) is 2. The van der Waals surface area contributed by atoms with Gasteiger partial charge in [0.05, 0.1) is 11.4 Å². The third kappa shape index (κ3) is 10.5. The number of benzene rings is 2. The normalized spacial score (nSPS) is 13.9. The number of hydrogen-bond acceptors (Lipinski definition) is 8. The maximum atomic E-state index is 10.1. The van der Waals surface area contributed by atoms with E-state index in [9.17, 15) is 9.59 Å². The fraction of sp³-hybridized carbons (Fsp3) is 0.440. The monoisotopic (exact) mass is 450 g/mol. The highest BCUT2D eigenvalue weighted by Gasteiger charge is 2.15. The molecule has 0 atom stereocenters. The van der Waals surface area contributed by atoms with Crippen molar-refractivity contribution in [1.82, 2.24) is 9.80 Å². The summed E-state index contributed by atoms with van der Waals surface area (Å²) in [6.45, 7) is 8.76. The number of nitrogens with zero attached hydrogens (tertiary/aromatic N) is 4. The average Bonchev–Trinajstić information content (AvgIpc) is 2.85. The first kappa shape index (κ1) is 26.3. The van der Waals surface area contributed by atoms with Gasteiger partial charge in [0.1, 0.15) is 0 Å². The zero-order valence-corrected chi connectivity index (χ0v) is 19.2. The van der Waals surface area contributed by atoms with Crippen molar-refractivity contribution in [3.05, 3.63) is 59.7 Å². The van der Waals surface area contributed by atoms with Crippen LogP contribution in [0.15, 0.2) is 58.5 Å². The zero-order chi connectivity index (χ0) is 23.7. The van der Waals surface area contributed by atoms with Gasteiger partial charge in [-0.15, -0.1) is 0 Å². The molecule has 0 saturated carbocycles. The molecule has 2 aromatic carbocycles. The Bertz CT molecular complexity index is 820. The molecule has 2 aromatic rings. The van der Waals surface area contributed by atoms with Gasteiger partial charge in [0.15, 0.2) is 0 Å². The van der Waals surface area contributed by atoms with E-state index in [1.54, 1.807) is 24.3 Å². The van der Waals surface area contributed by atoms with Crippen LogP contribution < -0.4 is 11.5 Å². The largest absolute Gasteiger partial charge is 0.330 e. The van der Waals surface area contributed by atoms with Crippen molar-refractivity contribution in [2.75, 3.05) is 52.4 Å². The van der Waals surface area contributed by atoms with E-state index in [0.29, 0.717) is 11.4 Å². The molecular formula is C25H34N6O2. The molecule has 1 heterocycles. The highest BCUT2D eigenvalue weighted by atomic mass is 16.1. The molecule has 1 saturated heterocycles. The van der Waals surface area contributed by atoms with Gasteiger partial charge >= 0.3 is 0 Å². The summed E-state index contributed by atoms with van der Waals surface area (Å²) >= 11 is 0. The second-order valence-corrected chi connectivity index (χ2v) is 7.88. The summed E-state index contributed by atoms with van der Waals surface area (Å²) in [5, 5.41) is 0. The average molecular weight is 451 g/mol. The number of rotatable bonds is 10. The molecular weight excluding hydrogens is 416 g/mol. The van der Waals surface area contributed by atoms with Crippen LogP contribution in [-0.4, -0.2) is 74.3 Å². The first-order valence-electron chi connectivity index (χ1n) is 11.4. The SMILES string of the molecule is NCCCN1CCN(CCCN)CC1.O=C=Nc1ccc(Cc2ccc(N=C=O)cc2)cc1. The lowest BCUT2D eigenvalue weighted by molar-refractivity contribution is 0.131. The molecule has 3 rings (SSSR count). The van der Waals surface area contributed by atoms with Crippen molar-refractivity contribution in [3.63, 3.8) is 0 Å². The van der Waals surface area contributed by atoms with Crippen LogP contribution in [0, 0.1) is 0 Å². The molecule has 0 aromatic heterocycles. The van der Waals surface area contributed by atoms with Crippen molar-refractivity contribution in [3.8, 4) is 0 Å². The van der Waals surface area contributed by atoms with Crippen molar-refractivity contribution in [1.29, 1.82) is 0 Å². The predicted molar refractivity (Wildman–Crippen MR) is 131 cm³/mol. The fourth-order valence-corrected chi connectivity index (χ4v) is 3.58. The van der Waals surface area contributed by atoms with Crippen molar-refractivity contribution in [2.45, 2.75) is 19.3 Å². The number of piperazine rings is 1. The lowest BCUT2D eigenvalue weighted by atomic mass is 10.0. The van der Waals surface area contributed by atoms with Crippen molar-refractivity contribution < 1.29 is 9.59 Å². The Morgan fingerprint density at radius 3 is 1.33 bits per heavy atom. The summed E-state index contributed by atoms with van der Waals surface area (Å²) in [6.07, 6.45) is 6.02. The Kier molecular flexibility index (Phi) is 12.6. The Balaban J connectivity index is 0.000000245. The fourth-order valence-electron chi connectivity index (χ4n) is 3.58. The van der Waals surface area contributed by atoms with Gasteiger partial charge in [-0.3, -0.25) is 0 Å². The molecule has 0 radical (unpaired) electrons. The summed E-state index contributed by atoms with van der Waals surface area (Å²) < 4.78 is 0. The van der Waals surface area contributed by atoms with Crippen LogP contribution in [-0.2, 0) is 16.0 Å². The molecule has 8 heteroatoms. The molecule has 1 fully saturated rings. The standard InChI is InChI=1S/C15H10N2O2.C10H24N4/c18-10-16-14-5-1-12(2-6-14)9-13-3-7-15(8-4-13)17-11-19;11-3-1-5-13-7-9-14(10-8-13)6-2-4-12/h1-8H,9H2;1-12H2. The third-order valence-corrected chi connectivity index (χ3v) is 5.45. The molecule has 1 aliphatic heterocycles. The number of carbonyl (C=O) groups excluding carboxylic acids is 2. The van der Waals surface area contributed by atoms with E-state index in [4.69, 9.17) is 11.5 Å². The van der Waals surface area contributed by atoms with Gasteiger partial charge < -0.3 is 21.3 Å². The molecule has 0 bridgehead atoms. The quantitative estimate of drug-likeness (QED) is 0.424. The van der Waals surface area contributed by atoms with E-state index < -0.39 is 0 Å². The Hall–Kier alpha value is -2.96. The van der Waals surface area contributed by atoms with Crippen LogP contribution in [0.1, 0.15) is 24.0 Å². The van der Waals surface area contributed by atoms with E-state index in [1.807, 2.05) is 24.3 Å². The molecule has 176 valence electrons. The topological polar surface area (TPSA) is 117 Å². The smallest absolute Gasteiger partial charge is 0.240 e. The van der Waals surface area contributed by atoms with Crippen LogP contribution in [0.2, 0.25) is 0 Å².